The number of unbranched alkanes of at least 4 members (excludes halogenated alkanes) is 11. The Morgan fingerprint density at radius 2 is 0.507 bits per heavy atom. The number of esters is 9. The molecule has 6 unspecified atom stereocenters. The maximum atomic E-state index is 14.1. The van der Waals surface area contributed by atoms with Crippen molar-refractivity contribution in [2.45, 2.75) is 360 Å². The molecule has 48 nitrogen and oxygen atoms in total. The summed E-state index contributed by atoms with van der Waals surface area (Å²) in [5, 5.41) is 37.0. The van der Waals surface area contributed by atoms with E-state index in [1.807, 2.05) is 0 Å². The van der Waals surface area contributed by atoms with Gasteiger partial charge in [-0.3, -0.25) is 95.9 Å². The third-order valence-corrected chi connectivity index (χ3v) is 21.4. The molecule has 3 saturated heterocycles. The number of carbonyl (C=O) groups is 20. The summed E-state index contributed by atoms with van der Waals surface area (Å²) in [6, 6.07) is -3.51. The average molecular weight is 2000 g/mol. The Morgan fingerprint density at radius 1 is 0.264 bits per heavy atom. The van der Waals surface area contributed by atoms with Crippen LogP contribution in [0.2, 0.25) is 0 Å². The predicted octanol–water partition coefficient (Wildman–Crippen LogP) is 1.60. The fraction of sp³-hybridized carbons (Fsp3) is 0.783. The first-order chi connectivity index (χ1) is 66.6. The van der Waals surface area contributed by atoms with Crippen LogP contribution in [0.5, 0.6) is 0 Å². The second-order valence-electron chi connectivity index (χ2n) is 34.2. The molecule has 0 aromatic rings. The molecule has 0 saturated carbocycles. The van der Waals surface area contributed by atoms with Gasteiger partial charge in [0.1, 0.15) is 56.3 Å². The number of amides is 10. The van der Waals surface area contributed by atoms with E-state index in [2.05, 4.69) is 53.2 Å². The van der Waals surface area contributed by atoms with Crippen molar-refractivity contribution in [3.63, 3.8) is 0 Å². The number of rotatable bonds is 72. The van der Waals surface area contributed by atoms with Crippen molar-refractivity contribution in [1.82, 2.24) is 53.2 Å². The zero-order valence-corrected chi connectivity index (χ0v) is 82.8. The Bertz CT molecular complexity index is 3570. The van der Waals surface area contributed by atoms with E-state index >= 15 is 0 Å². The van der Waals surface area contributed by atoms with Gasteiger partial charge in [0.05, 0.1) is 32.0 Å². The summed E-state index contributed by atoms with van der Waals surface area (Å²) in [4.78, 5) is 249. The summed E-state index contributed by atoms with van der Waals surface area (Å²) < 4.78 is 96.7. The molecular weight excluding hydrogens is 1850 g/mol. The second kappa shape index (κ2) is 70.7. The van der Waals surface area contributed by atoms with Crippen LogP contribution >= 0.6 is 0 Å². The number of hydrogen-bond donors (Lipinski definition) is 11. The molecule has 3 aliphatic heterocycles. The molecule has 3 heterocycles. The van der Waals surface area contributed by atoms with Gasteiger partial charge in [-0.2, -0.15) is 0 Å². The molecular formula is C92H150N10O38. The molecule has 0 spiro atoms. The molecule has 0 bridgehead atoms. The number of ether oxygens (including phenoxy) is 17. The average Bonchev–Trinajstić information content (AvgIpc) is 0.793. The largest absolute Gasteiger partial charge is 0.481 e. The van der Waals surface area contributed by atoms with Gasteiger partial charge in [-0.15, -0.1) is 0 Å². The molecule has 3 rings (SSSR count). The lowest BCUT2D eigenvalue weighted by Crippen LogP contribution is -2.66. The van der Waals surface area contributed by atoms with E-state index in [1.54, 1.807) is 0 Å². The summed E-state index contributed by atoms with van der Waals surface area (Å²) >= 11 is 0. The highest BCUT2D eigenvalue weighted by atomic mass is 16.7. The van der Waals surface area contributed by atoms with E-state index in [-0.39, 0.29) is 185 Å². The van der Waals surface area contributed by atoms with Gasteiger partial charge in [0.2, 0.25) is 59.1 Å². The van der Waals surface area contributed by atoms with Crippen LogP contribution in [-0.2, 0) is 176 Å². The van der Waals surface area contributed by atoms with Crippen LogP contribution in [0.3, 0.4) is 0 Å². The first-order valence-corrected chi connectivity index (χ1v) is 47.9. The smallest absolute Gasteiger partial charge is 0.303 e. The third kappa shape index (κ3) is 55.9. The molecule has 15 atom stereocenters. The van der Waals surface area contributed by atoms with Crippen LogP contribution in [0.4, 0.5) is 0 Å². The second-order valence-corrected chi connectivity index (χ2v) is 34.2. The summed E-state index contributed by atoms with van der Waals surface area (Å²) in [6.07, 6.45) is -4.91. The molecule has 11 N–H and O–H groups in total. The van der Waals surface area contributed by atoms with E-state index in [4.69, 9.17) is 85.6 Å². The standard InChI is InChI=1S/C92H150N10O38/c1-57(103)99-80-86(135-66(10)112)83(132-63(7)109)69(52-129-60(4)106)138-89(80)126-47-26-22-33-73(116)94-42-29-41-93-72(115)32-21-25-40-92(102-78(121)36-19-17-15-13-14-16-18-20-37-79(122)123,55-124-50-38-76(119)97-45-30-43-95-74(117)34-23-27-48-127-90-81(100-58(2)104)87(136-67(11)113)84(133-64(8)110)70(139-90)53-130-61(5)107)56-125-51-39-77(120)98-46-31-44-96-75(118)35-24-28-49-128-91-82(101-59(3)105)88(137-68(12)114)85(134-65(9)111)71(140-91)54-131-62(6)108/h69-71,80-91H,13-56H2,1-12H3,(H,93,115)(H,94,116)(H,95,117)(H,96,118)(H,97,119)(H,98,120)(H,99,103)(H,100,104)(H,101,105)(H,102,121)(H,122,123)/t69?,70?,71?,80?,81?,82?,83-,84-,85-,86+,87+,88+,89+,90+,91+,92?/m0/s1. The quantitative estimate of drug-likeness (QED) is 0.0234. The molecule has 3 fully saturated rings. The van der Waals surface area contributed by atoms with E-state index in [1.165, 1.54) is 20.8 Å². The molecule has 140 heavy (non-hydrogen) atoms. The van der Waals surface area contributed by atoms with Gasteiger partial charge in [0, 0.05) is 194 Å². The van der Waals surface area contributed by atoms with E-state index in [0.717, 1.165) is 101 Å². The van der Waals surface area contributed by atoms with Crippen molar-refractivity contribution in [3.05, 3.63) is 0 Å². The lowest BCUT2D eigenvalue weighted by atomic mass is 9.92. The van der Waals surface area contributed by atoms with Crippen LogP contribution in [0.15, 0.2) is 0 Å². The number of aliphatic carboxylic acids is 1. The maximum absolute atomic E-state index is 14.1. The zero-order valence-electron chi connectivity index (χ0n) is 82.8. The zero-order chi connectivity index (χ0) is 104. The van der Waals surface area contributed by atoms with Crippen molar-refractivity contribution >= 4 is 119 Å². The minimum absolute atomic E-state index is 0.00697. The van der Waals surface area contributed by atoms with Crippen LogP contribution in [0.1, 0.15) is 263 Å². The van der Waals surface area contributed by atoms with Crippen molar-refractivity contribution in [1.29, 1.82) is 0 Å². The molecule has 48 heteroatoms. The Labute approximate surface area is 815 Å². The van der Waals surface area contributed by atoms with Crippen molar-refractivity contribution in [2.24, 2.45) is 0 Å². The van der Waals surface area contributed by atoms with Gasteiger partial charge < -0.3 is 139 Å². The fourth-order valence-electron chi connectivity index (χ4n) is 15.1. The van der Waals surface area contributed by atoms with Gasteiger partial charge in [0.25, 0.3) is 0 Å². The molecule has 0 aliphatic carbocycles. The van der Waals surface area contributed by atoms with Crippen LogP contribution in [0, 0.1) is 0 Å². The topological polar surface area (TPSA) is 639 Å². The van der Waals surface area contributed by atoms with Crippen LogP contribution in [0.25, 0.3) is 0 Å². The number of carboxylic acid groups (broad SMARTS) is 1. The normalized spacial score (nSPS) is 21.2. The monoisotopic (exact) mass is 2000 g/mol. The fourth-order valence-corrected chi connectivity index (χ4v) is 15.1. The minimum Gasteiger partial charge on any atom is -0.481 e. The Balaban J connectivity index is 1.67. The van der Waals surface area contributed by atoms with Gasteiger partial charge in [-0.05, 0) is 83.5 Å². The number of carbonyl (C=O) groups excluding carboxylic acids is 19. The highest BCUT2D eigenvalue weighted by Gasteiger charge is 2.55. The first-order valence-electron chi connectivity index (χ1n) is 47.9. The minimum atomic E-state index is -1.31. The van der Waals surface area contributed by atoms with Gasteiger partial charge in [-0.25, -0.2) is 0 Å². The maximum Gasteiger partial charge on any atom is 0.303 e. The van der Waals surface area contributed by atoms with Crippen LogP contribution < -0.4 is 53.2 Å². The highest BCUT2D eigenvalue weighted by molar-refractivity contribution is 5.80. The van der Waals surface area contributed by atoms with E-state index in [0.29, 0.717) is 83.5 Å². The highest BCUT2D eigenvalue weighted by Crippen LogP contribution is 2.33. The Morgan fingerprint density at radius 3 is 0.771 bits per heavy atom. The van der Waals surface area contributed by atoms with Crippen molar-refractivity contribution in [3.8, 4) is 0 Å². The first kappa shape index (κ1) is 123. The molecule has 796 valence electrons. The lowest BCUT2D eigenvalue weighted by Gasteiger charge is -2.44. The summed E-state index contributed by atoms with van der Waals surface area (Å²) in [5.74, 6) is -11.4. The summed E-state index contributed by atoms with van der Waals surface area (Å²) in [6.45, 7) is 13.1. The molecule has 0 aromatic carbocycles. The summed E-state index contributed by atoms with van der Waals surface area (Å²) in [7, 11) is 0. The molecule has 3 aliphatic rings. The number of hydrogen-bond acceptors (Lipinski definition) is 37. The Kier molecular flexibility index (Phi) is 62.2. The lowest BCUT2D eigenvalue weighted by molar-refractivity contribution is -0.277. The van der Waals surface area contributed by atoms with E-state index in [9.17, 15) is 95.9 Å². The predicted molar refractivity (Wildman–Crippen MR) is 487 cm³/mol. The molecule has 10 amide bonds. The van der Waals surface area contributed by atoms with Gasteiger partial charge in [0.15, 0.2) is 55.5 Å². The number of nitrogens with one attached hydrogen (secondary N) is 10. The molecule has 0 aromatic heterocycles. The Hall–Kier alpha value is -10.9. The van der Waals surface area contributed by atoms with Gasteiger partial charge >= 0.3 is 59.7 Å². The SMILES string of the molecule is CC(=O)NC1[C@H](OCCCCC(=O)NCCCNC(=O)CCCCC(COCCC(=O)NCCCNC(=O)CCCCO[C@@H]2OC(COC(C)=O)[C@H](OC(C)=O)[C@H](OC(C)=O)C2NC(C)=O)(COCCC(=O)NCCCNC(=O)CCCCO[C@@H]2OC(COC(C)=O)[C@H](OC(C)=O)[C@H](OC(C)=O)C2NC(C)=O)NC(=O)CCCCCCCCCCC(=O)O)OC(COC(C)=O)[C@H](OC(C)=O)[C@@H]1OC(C)=O. The van der Waals surface area contributed by atoms with Gasteiger partial charge in [-0.1, -0.05) is 44.9 Å². The van der Waals surface area contributed by atoms with Crippen molar-refractivity contribution in [2.75, 3.05) is 105 Å². The molecule has 0 radical (unpaired) electrons. The van der Waals surface area contributed by atoms with E-state index < -0.39 is 195 Å². The van der Waals surface area contributed by atoms with Crippen LogP contribution in [-0.4, -0.2) is 327 Å². The van der Waals surface area contributed by atoms with Crippen molar-refractivity contribution < 1.29 is 182 Å². The summed E-state index contributed by atoms with van der Waals surface area (Å²) in [5.41, 5.74) is -1.26. The third-order valence-electron chi connectivity index (χ3n) is 21.4. The number of carboxylic acids is 1.